The number of unbranched alkanes of at least 4 members (excludes halogenated alkanes) is 1. The van der Waals surface area contributed by atoms with Gasteiger partial charge in [0.25, 0.3) is 0 Å². The van der Waals surface area contributed by atoms with Gasteiger partial charge in [-0.2, -0.15) is 0 Å². The van der Waals surface area contributed by atoms with Gasteiger partial charge in [0.05, 0.1) is 16.4 Å². The summed E-state index contributed by atoms with van der Waals surface area (Å²) in [5, 5.41) is -0.0893. The van der Waals surface area contributed by atoms with Crippen LogP contribution in [-0.2, 0) is 11.3 Å². The number of nitrogens with zero attached hydrogens (tertiary/aromatic N) is 2. The molecule has 19 heavy (non-hydrogen) atoms. The van der Waals surface area contributed by atoms with Gasteiger partial charge in [0.15, 0.2) is 0 Å². The Kier molecular flexibility index (Phi) is 5.25. The molecule has 0 fully saturated rings. The maximum absolute atomic E-state index is 6.24. The van der Waals surface area contributed by atoms with Crippen molar-refractivity contribution in [2.45, 2.75) is 31.7 Å². The van der Waals surface area contributed by atoms with E-state index >= 15 is 0 Å². The van der Waals surface area contributed by atoms with E-state index in [1.54, 1.807) is 7.11 Å². The van der Waals surface area contributed by atoms with E-state index in [1.165, 1.54) is 0 Å². The average Bonchev–Trinajstić information content (AvgIpc) is 2.72. The molecule has 1 atom stereocenters. The van der Waals surface area contributed by atoms with E-state index in [2.05, 4.69) is 31.5 Å². The van der Waals surface area contributed by atoms with Gasteiger partial charge in [0.2, 0.25) is 0 Å². The Balaban J connectivity index is 2.30. The number of rotatable bonds is 6. The van der Waals surface area contributed by atoms with Gasteiger partial charge in [-0.15, -0.1) is 11.6 Å². The van der Waals surface area contributed by atoms with Crippen LogP contribution in [0.25, 0.3) is 11.0 Å². The standard InChI is InChI=1S/C14H18BrClN2O/c1-10(16)14-17-12-9-11(15)5-6-13(12)18(14)7-3-4-8-19-2/h5-6,9-10H,3-4,7-8H2,1-2H3. The highest BCUT2D eigenvalue weighted by Crippen LogP contribution is 2.27. The molecule has 0 aliphatic rings. The van der Waals surface area contributed by atoms with Crippen LogP contribution in [0.15, 0.2) is 22.7 Å². The highest BCUT2D eigenvalue weighted by molar-refractivity contribution is 9.10. The Morgan fingerprint density at radius 1 is 1.42 bits per heavy atom. The molecule has 0 N–H and O–H groups in total. The Morgan fingerprint density at radius 3 is 2.89 bits per heavy atom. The fourth-order valence-electron chi connectivity index (χ4n) is 2.18. The maximum Gasteiger partial charge on any atom is 0.127 e. The van der Waals surface area contributed by atoms with Gasteiger partial charge in [-0.1, -0.05) is 15.9 Å². The first-order valence-corrected chi connectivity index (χ1v) is 7.65. The number of hydrogen-bond acceptors (Lipinski definition) is 2. The molecular weight excluding hydrogens is 328 g/mol. The predicted octanol–water partition coefficient (Wildman–Crippen LogP) is 4.53. The van der Waals surface area contributed by atoms with Crippen molar-refractivity contribution in [2.24, 2.45) is 0 Å². The molecule has 0 radical (unpaired) electrons. The van der Waals surface area contributed by atoms with E-state index < -0.39 is 0 Å². The number of benzene rings is 1. The second-order valence-corrected chi connectivity index (χ2v) is 6.14. The van der Waals surface area contributed by atoms with Crippen molar-refractivity contribution < 1.29 is 4.74 Å². The molecule has 1 unspecified atom stereocenters. The summed E-state index contributed by atoms with van der Waals surface area (Å²) in [7, 11) is 1.73. The zero-order valence-corrected chi connectivity index (χ0v) is 13.5. The lowest BCUT2D eigenvalue weighted by atomic mass is 10.3. The Bertz CT molecular complexity index is 554. The van der Waals surface area contributed by atoms with E-state index in [-0.39, 0.29) is 5.38 Å². The van der Waals surface area contributed by atoms with Crippen molar-refractivity contribution in [3.63, 3.8) is 0 Å². The Morgan fingerprint density at radius 2 is 2.21 bits per heavy atom. The average molecular weight is 346 g/mol. The fraction of sp³-hybridized carbons (Fsp3) is 0.500. The maximum atomic E-state index is 6.24. The van der Waals surface area contributed by atoms with E-state index in [9.17, 15) is 0 Å². The molecule has 0 aliphatic heterocycles. The highest BCUT2D eigenvalue weighted by Gasteiger charge is 2.14. The SMILES string of the molecule is COCCCCn1c(C(C)Cl)nc2cc(Br)ccc21. The van der Waals surface area contributed by atoms with Crippen molar-refractivity contribution in [1.29, 1.82) is 0 Å². The summed E-state index contributed by atoms with van der Waals surface area (Å²) in [6, 6.07) is 6.16. The van der Waals surface area contributed by atoms with Crippen LogP contribution in [-0.4, -0.2) is 23.3 Å². The molecule has 0 amide bonds. The van der Waals surface area contributed by atoms with Crippen LogP contribution in [0.2, 0.25) is 0 Å². The van der Waals surface area contributed by atoms with Crippen LogP contribution in [0.3, 0.4) is 0 Å². The summed E-state index contributed by atoms with van der Waals surface area (Å²) in [5.41, 5.74) is 2.13. The molecule has 5 heteroatoms. The molecule has 2 rings (SSSR count). The largest absolute Gasteiger partial charge is 0.385 e. The molecule has 1 heterocycles. The summed E-state index contributed by atoms with van der Waals surface area (Å²) in [5.74, 6) is 0.937. The topological polar surface area (TPSA) is 27.1 Å². The molecular formula is C14H18BrClN2O. The quantitative estimate of drug-likeness (QED) is 0.568. The van der Waals surface area contributed by atoms with Gasteiger partial charge in [0.1, 0.15) is 5.82 Å². The smallest absolute Gasteiger partial charge is 0.127 e. The zero-order chi connectivity index (χ0) is 13.8. The van der Waals surface area contributed by atoms with Crippen LogP contribution in [0.5, 0.6) is 0 Å². The summed E-state index contributed by atoms with van der Waals surface area (Å²) < 4.78 is 8.34. The van der Waals surface area contributed by atoms with Crippen molar-refractivity contribution in [2.75, 3.05) is 13.7 Å². The highest BCUT2D eigenvalue weighted by atomic mass is 79.9. The van der Waals surface area contributed by atoms with Gasteiger partial charge in [-0.3, -0.25) is 0 Å². The number of methoxy groups -OCH3 is 1. The first kappa shape index (κ1) is 14.8. The molecule has 104 valence electrons. The van der Waals surface area contributed by atoms with Crippen LogP contribution >= 0.6 is 27.5 Å². The van der Waals surface area contributed by atoms with Crippen molar-refractivity contribution in [3.05, 3.63) is 28.5 Å². The molecule has 0 spiro atoms. The number of ether oxygens (including phenoxy) is 1. The third-order valence-electron chi connectivity index (χ3n) is 3.08. The van der Waals surface area contributed by atoms with Crippen molar-refractivity contribution in [1.82, 2.24) is 9.55 Å². The van der Waals surface area contributed by atoms with Crippen molar-refractivity contribution in [3.8, 4) is 0 Å². The van der Waals surface area contributed by atoms with Gasteiger partial charge in [-0.25, -0.2) is 4.98 Å². The van der Waals surface area contributed by atoms with Crippen LogP contribution < -0.4 is 0 Å². The summed E-state index contributed by atoms with van der Waals surface area (Å²) in [6.45, 7) is 3.68. The normalized spacial score (nSPS) is 13.1. The number of imidazole rings is 1. The lowest BCUT2D eigenvalue weighted by molar-refractivity contribution is 0.191. The van der Waals surface area contributed by atoms with E-state index in [0.29, 0.717) is 0 Å². The minimum absolute atomic E-state index is 0.0893. The number of aromatic nitrogens is 2. The molecule has 0 saturated carbocycles. The first-order chi connectivity index (χ1) is 9.13. The number of hydrogen-bond donors (Lipinski definition) is 0. The monoisotopic (exact) mass is 344 g/mol. The molecule has 1 aromatic carbocycles. The van der Waals surface area contributed by atoms with Crippen LogP contribution in [0.1, 0.15) is 31.0 Å². The minimum Gasteiger partial charge on any atom is -0.385 e. The molecule has 1 aromatic heterocycles. The number of halogens is 2. The number of aryl methyl sites for hydroxylation is 1. The van der Waals surface area contributed by atoms with Gasteiger partial charge < -0.3 is 9.30 Å². The molecule has 0 bridgehead atoms. The van der Waals surface area contributed by atoms with Crippen molar-refractivity contribution >= 4 is 38.6 Å². The lowest BCUT2D eigenvalue weighted by Crippen LogP contribution is -2.05. The summed E-state index contributed by atoms with van der Waals surface area (Å²) in [6.07, 6.45) is 2.11. The second-order valence-electron chi connectivity index (χ2n) is 4.57. The third kappa shape index (κ3) is 3.50. The van der Waals surface area contributed by atoms with Crippen LogP contribution in [0.4, 0.5) is 0 Å². The van der Waals surface area contributed by atoms with E-state index in [1.807, 2.05) is 19.1 Å². The summed E-state index contributed by atoms with van der Waals surface area (Å²) >= 11 is 9.72. The van der Waals surface area contributed by atoms with Gasteiger partial charge in [0, 0.05) is 24.7 Å². The summed E-state index contributed by atoms with van der Waals surface area (Å²) in [4.78, 5) is 4.64. The predicted molar refractivity (Wildman–Crippen MR) is 82.8 cm³/mol. The molecule has 2 aromatic rings. The Hall–Kier alpha value is -0.580. The van der Waals surface area contributed by atoms with Crippen LogP contribution in [0, 0.1) is 0 Å². The minimum atomic E-state index is -0.0893. The second kappa shape index (κ2) is 6.73. The van der Waals surface area contributed by atoms with Gasteiger partial charge in [-0.05, 0) is 38.0 Å². The first-order valence-electron chi connectivity index (χ1n) is 6.42. The zero-order valence-electron chi connectivity index (χ0n) is 11.2. The number of alkyl halides is 1. The molecule has 0 saturated heterocycles. The van der Waals surface area contributed by atoms with E-state index in [0.717, 1.165) is 47.3 Å². The fourth-order valence-corrected chi connectivity index (χ4v) is 2.69. The van der Waals surface area contributed by atoms with Gasteiger partial charge >= 0.3 is 0 Å². The lowest BCUT2D eigenvalue weighted by Gasteiger charge is -2.10. The number of fused-ring (bicyclic) bond motifs is 1. The Labute approximate surface area is 127 Å². The molecule has 0 aliphatic carbocycles. The van der Waals surface area contributed by atoms with E-state index in [4.69, 9.17) is 16.3 Å². The third-order valence-corrected chi connectivity index (χ3v) is 3.76. The molecule has 3 nitrogen and oxygen atoms in total.